The molecule has 3 aromatic rings. The van der Waals surface area contributed by atoms with Crippen LogP contribution in [0.5, 0.6) is 0 Å². The van der Waals surface area contributed by atoms with Crippen LogP contribution in [-0.2, 0) is 0 Å². The highest BCUT2D eigenvalue weighted by Gasteiger charge is 2.16. The highest BCUT2D eigenvalue weighted by molar-refractivity contribution is 6.34. The first-order valence-corrected chi connectivity index (χ1v) is 7.45. The quantitative estimate of drug-likeness (QED) is 0.794. The second-order valence-corrected chi connectivity index (χ2v) is 5.41. The van der Waals surface area contributed by atoms with Crippen LogP contribution < -0.4 is 5.32 Å². The van der Waals surface area contributed by atoms with E-state index in [4.69, 9.17) is 16.9 Å². The van der Waals surface area contributed by atoms with Gasteiger partial charge >= 0.3 is 0 Å². The van der Waals surface area contributed by atoms with Crippen molar-refractivity contribution in [3.63, 3.8) is 0 Å². The van der Waals surface area contributed by atoms with E-state index in [-0.39, 0.29) is 5.91 Å². The van der Waals surface area contributed by atoms with E-state index in [1.54, 1.807) is 36.0 Å². The molecule has 0 aliphatic carbocycles. The number of nitriles is 1. The first-order valence-electron chi connectivity index (χ1n) is 7.07. The van der Waals surface area contributed by atoms with E-state index in [1.165, 1.54) is 12.3 Å². The molecule has 0 saturated heterocycles. The number of hydrogen-bond acceptors (Lipinski definition) is 4. The SMILES string of the molecule is Cc1c(C(=O)Nc2ccc(C#N)cc2Cl)cnn1-c1ccccn1. The van der Waals surface area contributed by atoms with Crippen molar-refractivity contribution in [3.05, 3.63) is 70.6 Å². The fourth-order valence-corrected chi connectivity index (χ4v) is 2.45. The molecule has 1 N–H and O–H groups in total. The van der Waals surface area contributed by atoms with Gasteiger partial charge in [0.15, 0.2) is 5.82 Å². The Hall–Kier alpha value is -3.17. The second-order valence-electron chi connectivity index (χ2n) is 5.00. The van der Waals surface area contributed by atoms with Crippen LogP contribution in [0, 0.1) is 18.3 Å². The lowest BCUT2D eigenvalue weighted by atomic mass is 10.2. The molecule has 2 aromatic heterocycles. The maximum Gasteiger partial charge on any atom is 0.259 e. The molecular formula is C17H12ClN5O. The van der Waals surface area contributed by atoms with E-state index >= 15 is 0 Å². The normalized spacial score (nSPS) is 10.2. The zero-order valence-electron chi connectivity index (χ0n) is 12.7. The first kappa shape index (κ1) is 15.7. The number of pyridine rings is 1. The molecule has 0 aliphatic heterocycles. The Kier molecular flexibility index (Phi) is 4.27. The molecule has 7 heteroatoms. The summed E-state index contributed by atoms with van der Waals surface area (Å²) in [5, 5.41) is 16.1. The number of carbonyl (C=O) groups excluding carboxylic acids is 1. The summed E-state index contributed by atoms with van der Waals surface area (Å²) in [6.07, 6.45) is 3.14. The third-order valence-corrected chi connectivity index (χ3v) is 3.78. The van der Waals surface area contributed by atoms with Gasteiger partial charge in [0.2, 0.25) is 0 Å². The molecule has 3 rings (SSSR count). The second kappa shape index (κ2) is 6.52. The molecule has 24 heavy (non-hydrogen) atoms. The molecule has 1 aromatic carbocycles. The van der Waals surface area contributed by atoms with Gasteiger partial charge in [0.1, 0.15) is 0 Å². The van der Waals surface area contributed by atoms with Gasteiger partial charge < -0.3 is 5.32 Å². The third kappa shape index (κ3) is 2.98. The Bertz CT molecular complexity index is 943. The molecule has 118 valence electrons. The largest absolute Gasteiger partial charge is 0.321 e. The summed E-state index contributed by atoms with van der Waals surface area (Å²) in [4.78, 5) is 16.7. The smallest absolute Gasteiger partial charge is 0.259 e. The summed E-state index contributed by atoms with van der Waals surface area (Å²) in [6.45, 7) is 1.79. The number of amides is 1. The Balaban J connectivity index is 1.87. The lowest BCUT2D eigenvalue weighted by molar-refractivity contribution is 0.102. The Labute approximate surface area is 143 Å². The zero-order chi connectivity index (χ0) is 17.1. The van der Waals surface area contributed by atoms with Gasteiger partial charge in [-0.15, -0.1) is 0 Å². The molecule has 0 unspecified atom stereocenters. The highest BCUT2D eigenvalue weighted by Crippen LogP contribution is 2.24. The molecule has 6 nitrogen and oxygen atoms in total. The number of nitrogens with zero attached hydrogens (tertiary/aromatic N) is 4. The van der Waals surface area contributed by atoms with Crippen LogP contribution in [0.25, 0.3) is 5.82 Å². The van der Waals surface area contributed by atoms with Crippen molar-refractivity contribution in [2.45, 2.75) is 6.92 Å². The minimum atomic E-state index is -0.332. The number of rotatable bonds is 3. The average Bonchev–Trinajstić information content (AvgIpc) is 2.99. The van der Waals surface area contributed by atoms with Gasteiger partial charge in [-0.05, 0) is 37.3 Å². The molecule has 0 spiro atoms. The molecule has 0 fully saturated rings. The van der Waals surface area contributed by atoms with Crippen LogP contribution in [-0.4, -0.2) is 20.7 Å². The molecule has 0 bridgehead atoms. The molecule has 0 radical (unpaired) electrons. The van der Waals surface area contributed by atoms with E-state index in [9.17, 15) is 4.79 Å². The van der Waals surface area contributed by atoms with E-state index < -0.39 is 0 Å². The Morgan fingerprint density at radius 3 is 2.83 bits per heavy atom. The van der Waals surface area contributed by atoms with Crippen molar-refractivity contribution in [3.8, 4) is 11.9 Å². The molecule has 0 saturated carbocycles. The van der Waals surface area contributed by atoms with Gasteiger partial charge in [0.25, 0.3) is 5.91 Å². The monoisotopic (exact) mass is 337 g/mol. The predicted octanol–water partition coefficient (Wildman–Crippen LogP) is 3.35. The Morgan fingerprint density at radius 2 is 2.17 bits per heavy atom. The Morgan fingerprint density at radius 1 is 1.33 bits per heavy atom. The summed E-state index contributed by atoms with van der Waals surface area (Å²) < 4.78 is 1.59. The minimum Gasteiger partial charge on any atom is -0.321 e. The number of aromatic nitrogens is 3. The predicted molar refractivity (Wildman–Crippen MR) is 90.2 cm³/mol. The highest BCUT2D eigenvalue weighted by atomic mass is 35.5. The minimum absolute atomic E-state index is 0.303. The van der Waals surface area contributed by atoms with Gasteiger partial charge in [-0.1, -0.05) is 17.7 Å². The van der Waals surface area contributed by atoms with Gasteiger partial charge in [-0.3, -0.25) is 4.79 Å². The van der Waals surface area contributed by atoms with Crippen LogP contribution in [0.15, 0.2) is 48.8 Å². The molecular weight excluding hydrogens is 326 g/mol. The van der Waals surface area contributed by atoms with Crippen LogP contribution >= 0.6 is 11.6 Å². The molecule has 2 heterocycles. The fourth-order valence-electron chi connectivity index (χ4n) is 2.22. The number of carbonyl (C=O) groups is 1. The number of benzene rings is 1. The number of halogens is 1. The molecule has 1 amide bonds. The van der Waals surface area contributed by atoms with Crippen molar-refractivity contribution >= 4 is 23.2 Å². The van der Waals surface area contributed by atoms with E-state index in [0.717, 1.165) is 0 Å². The van der Waals surface area contributed by atoms with E-state index in [2.05, 4.69) is 15.4 Å². The average molecular weight is 338 g/mol. The van der Waals surface area contributed by atoms with Crippen LogP contribution in [0.3, 0.4) is 0 Å². The van der Waals surface area contributed by atoms with Crippen LogP contribution in [0.1, 0.15) is 21.6 Å². The number of hydrogen-bond donors (Lipinski definition) is 1. The lowest BCUT2D eigenvalue weighted by Gasteiger charge is -2.07. The first-order chi connectivity index (χ1) is 11.6. The summed E-state index contributed by atoms with van der Waals surface area (Å²) >= 11 is 6.08. The maximum atomic E-state index is 12.5. The summed E-state index contributed by atoms with van der Waals surface area (Å²) in [5.41, 5.74) is 1.94. The standard InChI is InChI=1S/C17H12ClN5O/c1-11-13(10-21-23(11)16-4-2-3-7-20-16)17(24)22-15-6-5-12(9-19)8-14(15)18/h2-8,10H,1H3,(H,22,24). The number of nitrogens with one attached hydrogen (secondary N) is 1. The van der Waals surface area contributed by atoms with Crippen molar-refractivity contribution in [2.75, 3.05) is 5.32 Å². The summed E-state index contributed by atoms with van der Waals surface area (Å²) in [7, 11) is 0. The van der Waals surface area contributed by atoms with Gasteiger partial charge in [-0.25, -0.2) is 9.67 Å². The molecule has 0 aliphatic rings. The van der Waals surface area contributed by atoms with Crippen molar-refractivity contribution in [2.24, 2.45) is 0 Å². The summed E-state index contributed by atoms with van der Waals surface area (Å²) in [5.74, 6) is 0.298. The number of anilines is 1. The van der Waals surface area contributed by atoms with Gasteiger partial charge in [-0.2, -0.15) is 10.4 Å². The van der Waals surface area contributed by atoms with Crippen molar-refractivity contribution in [1.82, 2.24) is 14.8 Å². The summed E-state index contributed by atoms with van der Waals surface area (Å²) in [6, 6.07) is 12.1. The zero-order valence-corrected chi connectivity index (χ0v) is 13.4. The fraction of sp³-hybridized carbons (Fsp3) is 0.0588. The van der Waals surface area contributed by atoms with Crippen LogP contribution in [0.2, 0.25) is 5.02 Å². The van der Waals surface area contributed by atoms with Crippen molar-refractivity contribution in [1.29, 1.82) is 5.26 Å². The third-order valence-electron chi connectivity index (χ3n) is 3.47. The topological polar surface area (TPSA) is 83.6 Å². The maximum absolute atomic E-state index is 12.5. The van der Waals surface area contributed by atoms with Crippen molar-refractivity contribution < 1.29 is 4.79 Å². The lowest BCUT2D eigenvalue weighted by Crippen LogP contribution is -2.13. The van der Waals surface area contributed by atoms with E-state index in [0.29, 0.717) is 33.3 Å². The van der Waals surface area contributed by atoms with Crippen LogP contribution in [0.4, 0.5) is 5.69 Å². The van der Waals surface area contributed by atoms with E-state index in [1.807, 2.05) is 18.2 Å². The molecule has 0 atom stereocenters. The van der Waals surface area contributed by atoms with Gasteiger partial charge in [0, 0.05) is 6.20 Å². The van der Waals surface area contributed by atoms with Gasteiger partial charge in [0.05, 0.1) is 39.8 Å².